The fourth-order valence-corrected chi connectivity index (χ4v) is 2.84. The predicted molar refractivity (Wildman–Crippen MR) is 88.9 cm³/mol. The quantitative estimate of drug-likeness (QED) is 0.862. The van der Waals surface area contributed by atoms with E-state index in [-0.39, 0.29) is 12.3 Å². The van der Waals surface area contributed by atoms with Crippen molar-refractivity contribution in [3.8, 4) is 5.75 Å². The van der Waals surface area contributed by atoms with Crippen LogP contribution in [-0.4, -0.2) is 25.0 Å². The number of amides is 2. The summed E-state index contributed by atoms with van der Waals surface area (Å²) in [5.41, 5.74) is 0.815. The molecular weight excluding hydrogens is 335 g/mol. The molecule has 0 radical (unpaired) electrons. The zero-order valence-corrected chi connectivity index (χ0v) is 13.5. The number of ether oxygens (including phenoxy) is 1. The molecule has 7 heteroatoms. The van der Waals surface area contributed by atoms with E-state index < -0.39 is 17.8 Å². The summed E-state index contributed by atoms with van der Waals surface area (Å²) in [6, 6.07) is 9.66. The Hall–Kier alpha value is -2.60. The van der Waals surface area contributed by atoms with Crippen LogP contribution >= 0.6 is 11.6 Å². The second kappa shape index (κ2) is 6.49. The molecule has 0 spiro atoms. The van der Waals surface area contributed by atoms with E-state index in [0.29, 0.717) is 22.1 Å². The second-order valence-corrected chi connectivity index (χ2v) is 5.70. The maximum atomic E-state index is 13.2. The Morgan fingerprint density at radius 3 is 2.71 bits per heavy atom. The molecule has 0 aromatic heterocycles. The molecule has 1 N–H and O–H groups in total. The van der Waals surface area contributed by atoms with Crippen LogP contribution in [0.3, 0.4) is 0 Å². The summed E-state index contributed by atoms with van der Waals surface area (Å²) in [6.45, 7) is 0. The van der Waals surface area contributed by atoms with Crippen LogP contribution in [0.5, 0.6) is 5.75 Å². The van der Waals surface area contributed by atoms with Crippen molar-refractivity contribution >= 4 is 34.8 Å². The van der Waals surface area contributed by atoms with E-state index in [4.69, 9.17) is 16.3 Å². The van der Waals surface area contributed by atoms with Crippen molar-refractivity contribution in [1.82, 2.24) is 0 Å². The van der Waals surface area contributed by atoms with Gasteiger partial charge in [0.2, 0.25) is 5.91 Å². The number of imide groups is 1. The highest BCUT2D eigenvalue weighted by molar-refractivity contribution is 6.33. The molecule has 0 saturated carbocycles. The first-order chi connectivity index (χ1) is 11.5. The van der Waals surface area contributed by atoms with Crippen molar-refractivity contribution < 1.29 is 18.7 Å². The van der Waals surface area contributed by atoms with Crippen LogP contribution in [0.1, 0.15) is 6.42 Å². The molecule has 2 amide bonds. The van der Waals surface area contributed by atoms with Crippen molar-refractivity contribution in [3.63, 3.8) is 0 Å². The minimum absolute atomic E-state index is 0.0149. The molecule has 1 saturated heterocycles. The Morgan fingerprint density at radius 2 is 2.04 bits per heavy atom. The molecule has 1 fully saturated rings. The van der Waals surface area contributed by atoms with Crippen LogP contribution in [0.25, 0.3) is 0 Å². The topological polar surface area (TPSA) is 58.6 Å². The number of hydrogen-bond acceptors (Lipinski definition) is 4. The number of halogens is 2. The molecular formula is C17H14ClFN2O3. The van der Waals surface area contributed by atoms with Gasteiger partial charge < -0.3 is 10.1 Å². The number of hydrogen-bond donors (Lipinski definition) is 1. The lowest BCUT2D eigenvalue weighted by Crippen LogP contribution is -2.34. The van der Waals surface area contributed by atoms with Gasteiger partial charge in [0.15, 0.2) is 0 Å². The van der Waals surface area contributed by atoms with Crippen LogP contribution in [-0.2, 0) is 9.59 Å². The third-order valence-corrected chi connectivity index (χ3v) is 4.00. The van der Waals surface area contributed by atoms with Gasteiger partial charge in [-0.1, -0.05) is 17.7 Å². The zero-order valence-electron chi connectivity index (χ0n) is 12.8. The first-order valence-electron chi connectivity index (χ1n) is 7.22. The summed E-state index contributed by atoms with van der Waals surface area (Å²) in [5, 5.41) is 3.19. The average molecular weight is 349 g/mol. The molecule has 1 aliphatic heterocycles. The van der Waals surface area contributed by atoms with Crippen molar-refractivity contribution in [2.45, 2.75) is 12.5 Å². The largest absolute Gasteiger partial charge is 0.495 e. The molecule has 5 nitrogen and oxygen atoms in total. The molecule has 0 unspecified atom stereocenters. The van der Waals surface area contributed by atoms with Crippen molar-refractivity contribution in [1.29, 1.82) is 0 Å². The van der Waals surface area contributed by atoms with Crippen LogP contribution in [0.4, 0.5) is 15.8 Å². The van der Waals surface area contributed by atoms with E-state index in [1.165, 1.54) is 31.4 Å². The van der Waals surface area contributed by atoms with Gasteiger partial charge in [-0.25, -0.2) is 9.29 Å². The van der Waals surface area contributed by atoms with Gasteiger partial charge in [0.25, 0.3) is 5.91 Å². The Morgan fingerprint density at radius 1 is 1.25 bits per heavy atom. The lowest BCUT2D eigenvalue weighted by molar-refractivity contribution is -0.121. The zero-order chi connectivity index (χ0) is 17.3. The normalized spacial score (nSPS) is 17.3. The van der Waals surface area contributed by atoms with Gasteiger partial charge in [0.1, 0.15) is 17.6 Å². The number of nitrogens with zero attached hydrogens (tertiary/aromatic N) is 1. The highest BCUT2D eigenvalue weighted by Gasteiger charge is 2.39. The van der Waals surface area contributed by atoms with Gasteiger partial charge in [-0.05, 0) is 36.4 Å². The van der Waals surface area contributed by atoms with Gasteiger partial charge in [-0.3, -0.25) is 9.59 Å². The van der Waals surface area contributed by atoms with Crippen LogP contribution in [0.2, 0.25) is 5.02 Å². The minimum Gasteiger partial charge on any atom is -0.495 e. The van der Waals surface area contributed by atoms with Crippen molar-refractivity contribution in [3.05, 3.63) is 53.3 Å². The molecule has 1 atom stereocenters. The Balaban J connectivity index is 1.82. The van der Waals surface area contributed by atoms with Crippen molar-refractivity contribution in [2.24, 2.45) is 0 Å². The number of methoxy groups -OCH3 is 1. The highest BCUT2D eigenvalue weighted by atomic mass is 35.5. The highest BCUT2D eigenvalue weighted by Crippen LogP contribution is 2.32. The van der Waals surface area contributed by atoms with E-state index in [9.17, 15) is 14.0 Å². The third-order valence-electron chi connectivity index (χ3n) is 3.71. The molecule has 124 valence electrons. The molecule has 2 aromatic rings. The standard InChI is InChI=1S/C17H14ClFN2O3/c1-24-15-6-5-12(8-13(15)18)21-16(22)9-14(17(21)23)20-11-4-2-3-10(19)7-11/h2-8,14,20H,9H2,1H3/t14-/m0/s1. The van der Waals surface area contributed by atoms with Gasteiger partial charge >= 0.3 is 0 Å². The molecule has 1 aliphatic rings. The Kier molecular flexibility index (Phi) is 4.40. The predicted octanol–water partition coefficient (Wildman–Crippen LogP) is 3.23. The van der Waals surface area contributed by atoms with E-state index in [0.717, 1.165) is 4.90 Å². The number of benzene rings is 2. The number of carbonyl (C=O) groups excluding carboxylic acids is 2. The number of nitrogens with one attached hydrogen (secondary N) is 1. The molecule has 3 rings (SSSR count). The maximum Gasteiger partial charge on any atom is 0.256 e. The van der Waals surface area contributed by atoms with Gasteiger partial charge in [0.05, 0.1) is 24.2 Å². The van der Waals surface area contributed by atoms with Crippen molar-refractivity contribution in [2.75, 3.05) is 17.3 Å². The monoisotopic (exact) mass is 348 g/mol. The fourth-order valence-electron chi connectivity index (χ4n) is 2.59. The van der Waals surface area contributed by atoms with Crippen LogP contribution < -0.4 is 15.0 Å². The summed E-state index contributed by atoms with van der Waals surface area (Å²) in [4.78, 5) is 25.9. The van der Waals surface area contributed by atoms with E-state index in [2.05, 4.69) is 5.32 Å². The third kappa shape index (κ3) is 3.05. The Bertz CT molecular complexity index is 812. The van der Waals surface area contributed by atoms with E-state index >= 15 is 0 Å². The molecule has 2 aromatic carbocycles. The summed E-state index contributed by atoms with van der Waals surface area (Å²) >= 11 is 6.06. The number of anilines is 2. The molecule has 24 heavy (non-hydrogen) atoms. The summed E-state index contributed by atoms with van der Waals surface area (Å²) in [5.74, 6) is -0.731. The summed E-state index contributed by atoms with van der Waals surface area (Å²) in [7, 11) is 1.48. The van der Waals surface area contributed by atoms with Gasteiger partial charge in [0, 0.05) is 5.69 Å². The molecule has 1 heterocycles. The first-order valence-corrected chi connectivity index (χ1v) is 7.60. The Labute approximate surface area is 143 Å². The lowest BCUT2D eigenvalue weighted by atomic mass is 10.2. The van der Waals surface area contributed by atoms with Gasteiger partial charge in [-0.15, -0.1) is 0 Å². The first kappa shape index (κ1) is 16.3. The smallest absolute Gasteiger partial charge is 0.256 e. The fraction of sp³-hybridized carbons (Fsp3) is 0.176. The number of rotatable bonds is 4. The average Bonchev–Trinajstić information content (AvgIpc) is 2.81. The van der Waals surface area contributed by atoms with Gasteiger partial charge in [-0.2, -0.15) is 0 Å². The summed E-state index contributed by atoms with van der Waals surface area (Å²) in [6.07, 6.45) is -0.0149. The van der Waals surface area contributed by atoms with Crippen LogP contribution in [0, 0.1) is 5.82 Å². The SMILES string of the molecule is COc1ccc(N2C(=O)C[C@H](Nc3cccc(F)c3)C2=O)cc1Cl. The molecule has 0 bridgehead atoms. The van der Waals surface area contributed by atoms with E-state index in [1.54, 1.807) is 18.2 Å². The minimum atomic E-state index is -0.750. The molecule has 0 aliphatic carbocycles. The maximum absolute atomic E-state index is 13.2. The second-order valence-electron chi connectivity index (χ2n) is 5.30. The number of carbonyl (C=O) groups is 2. The van der Waals surface area contributed by atoms with Crippen LogP contribution in [0.15, 0.2) is 42.5 Å². The lowest BCUT2D eigenvalue weighted by Gasteiger charge is -2.17. The van der Waals surface area contributed by atoms with E-state index in [1.807, 2.05) is 0 Å². The summed E-state index contributed by atoms with van der Waals surface area (Å²) < 4.78 is 18.3.